The van der Waals surface area contributed by atoms with Crippen LogP contribution in [-0.2, 0) is 9.53 Å². The molecule has 19 heavy (non-hydrogen) atoms. The molecule has 0 spiro atoms. The highest BCUT2D eigenvalue weighted by molar-refractivity contribution is 5.80. The lowest BCUT2D eigenvalue weighted by Gasteiger charge is -2.29. The number of nitrogens with one attached hydrogen (secondary N) is 1. The van der Waals surface area contributed by atoms with Crippen LogP contribution in [0, 0.1) is 0 Å². The van der Waals surface area contributed by atoms with Crippen LogP contribution in [0.5, 0.6) is 0 Å². The Morgan fingerprint density at radius 3 is 2.58 bits per heavy atom. The molecule has 4 nitrogen and oxygen atoms in total. The van der Waals surface area contributed by atoms with Gasteiger partial charge >= 0.3 is 5.97 Å². The van der Waals surface area contributed by atoms with Gasteiger partial charge in [0, 0.05) is 6.04 Å². The van der Waals surface area contributed by atoms with Crippen LogP contribution >= 0.6 is 0 Å². The van der Waals surface area contributed by atoms with E-state index in [1.165, 1.54) is 19.3 Å². The second-order valence-corrected chi connectivity index (χ2v) is 5.88. The summed E-state index contributed by atoms with van der Waals surface area (Å²) in [6.45, 7) is 8.65. The van der Waals surface area contributed by atoms with Crippen molar-refractivity contribution in [2.24, 2.45) is 0 Å². The quantitative estimate of drug-likeness (QED) is 0.618. The molecule has 1 aliphatic rings. The summed E-state index contributed by atoms with van der Waals surface area (Å²) in [4.78, 5) is 14.5. The molecule has 0 amide bonds. The molecule has 0 aromatic heterocycles. The number of carbonyl (C=O) groups is 1. The molecule has 1 fully saturated rings. The highest BCUT2D eigenvalue weighted by Gasteiger charge is 2.39. The standard InChI is InChI=1S/C15H30N2O2/c1-5-11-17(4)12-7-10-15(3,14(18)19-6-2)16-13-8-9-13/h13,16H,5-12H2,1-4H3. The Balaban J connectivity index is 2.41. The van der Waals surface area contributed by atoms with Crippen LogP contribution in [-0.4, -0.2) is 49.2 Å². The maximum absolute atomic E-state index is 12.1. The lowest BCUT2D eigenvalue weighted by molar-refractivity contribution is -0.151. The highest BCUT2D eigenvalue weighted by Crippen LogP contribution is 2.25. The van der Waals surface area contributed by atoms with Crippen LogP contribution in [0.15, 0.2) is 0 Å². The number of rotatable bonds is 10. The summed E-state index contributed by atoms with van der Waals surface area (Å²) in [5.74, 6) is -0.0972. The Morgan fingerprint density at radius 2 is 2.05 bits per heavy atom. The number of carbonyl (C=O) groups excluding carboxylic acids is 1. The summed E-state index contributed by atoms with van der Waals surface area (Å²) in [7, 11) is 2.14. The van der Waals surface area contributed by atoms with Crippen molar-refractivity contribution in [2.45, 2.75) is 64.5 Å². The maximum Gasteiger partial charge on any atom is 0.326 e. The summed E-state index contributed by atoms with van der Waals surface area (Å²) in [5.41, 5.74) is -0.510. The number of esters is 1. The number of nitrogens with zero attached hydrogens (tertiary/aromatic N) is 1. The monoisotopic (exact) mass is 270 g/mol. The fraction of sp³-hybridized carbons (Fsp3) is 0.933. The lowest BCUT2D eigenvalue weighted by Crippen LogP contribution is -2.51. The van der Waals surface area contributed by atoms with E-state index in [-0.39, 0.29) is 5.97 Å². The van der Waals surface area contributed by atoms with E-state index in [0.717, 1.165) is 25.9 Å². The Morgan fingerprint density at radius 1 is 1.37 bits per heavy atom. The van der Waals surface area contributed by atoms with Gasteiger partial charge in [-0.1, -0.05) is 6.92 Å². The average Bonchev–Trinajstić information content (AvgIpc) is 3.13. The van der Waals surface area contributed by atoms with E-state index in [4.69, 9.17) is 4.74 Å². The third kappa shape index (κ3) is 5.91. The molecule has 1 saturated carbocycles. The fourth-order valence-electron chi connectivity index (χ4n) is 2.40. The topological polar surface area (TPSA) is 41.6 Å². The molecule has 0 aliphatic heterocycles. The molecule has 0 heterocycles. The smallest absolute Gasteiger partial charge is 0.326 e. The van der Waals surface area contributed by atoms with Crippen LogP contribution in [0.4, 0.5) is 0 Å². The Labute approximate surface area is 117 Å². The fourth-order valence-corrected chi connectivity index (χ4v) is 2.40. The molecule has 1 rings (SSSR count). The molecule has 1 atom stereocenters. The number of hydrogen-bond donors (Lipinski definition) is 1. The van der Waals surface area contributed by atoms with E-state index in [0.29, 0.717) is 12.6 Å². The van der Waals surface area contributed by atoms with Crippen molar-refractivity contribution in [1.82, 2.24) is 10.2 Å². The third-order valence-corrected chi connectivity index (χ3v) is 3.65. The van der Waals surface area contributed by atoms with E-state index in [9.17, 15) is 4.79 Å². The van der Waals surface area contributed by atoms with Crippen molar-refractivity contribution >= 4 is 5.97 Å². The molecule has 1 aliphatic carbocycles. The minimum absolute atomic E-state index is 0.0972. The van der Waals surface area contributed by atoms with Gasteiger partial charge in [-0.05, 0) is 66.1 Å². The minimum Gasteiger partial charge on any atom is -0.465 e. The SMILES string of the molecule is CCCN(C)CCCC(C)(NC1CC1)C(=O)OCC. The van der Waals surface area contributed by atoms with Gasteiger partial charge in [-0.15, -0.1) is 0 Å². The van der Waals surface area contributed by atoms with Gasteiger partial charge in [0.25, 0.3) is 0 Å². The first-order valence-corrected chi connectivity index (χ1v) is 7.65. The first-order chi connectivity index (χ1) is 9.01. The summed E-state index contributed by atoms with van der Waals surface area (Å²) in [5, 5.41) is 3.46. The van der Waals surface area contributed by atoms with Crippen LogP contribution in [0.1, 0.15) is 52.9 Å². The van der Waals surface area contributed by atoms with Crippen molar-refractivity contribution in [1.29, 1.82) is 0 Å². The maximum atomic E-state index is 12.1. The van der Waals surface area contributed by atoms with Gasteiger partial charge in [-0.25, -0.2) is 0 Å². The van der Waals surface area contributed by atoms with Crippen molar-refractivity contribution in [2.75, 3.05) is 26.7 Å². The molecule has 0 bridgehead atoms. The highest BCUT2D eigenvalue weighted by atomic mass is 16.5. The predicted molar refractivity (Wildman–Crippen MR) is 78.2 cm³/mol. The molecule has 4 heteroatoms. The number of hydrogen-bond acceptors (Lipinski definition) is 4. The van der Waals surface area contributed by atoms with Crippen LogP contribution in [0.2, 0.25) is 0 Å². The molecular formula is C15H30N2O2. The molecule has 0 radical (unpaired) electrons. The zero-order chi connectivity index (χ0) is 14.3. The van der Waals surface area contributed by atoms with Gasteiger partial charge in [-0.2, -0.15) is 0 Å². The van der Waals surface area contributed by atoms with Crippen molar-refractivity contribution in [3.05, 3.63) is 0 Å². The Kier molecular flexibility index (Phi) is 6.80. The first-order valence-electron chi connectivity index (χ1n) is 7.65. The van der Waals surface area contributed by atoms with Crippen molar-refractivity contribution in [3.8, 4) is 0 Å². The molecule has 0 aromatic rings. The average molecular weight is 270 g/mol. The molecular weight excluding hydrogens is 240 g/mol. The largest absolute Gasteiger partial charge is 0.465 e. The zero-order valence-corrected chi connectivity index (χ0v) is 13.0. The van der Waals surface area contributed by atoms with Crippen molar-refractivity contribution in [3.63, 3.8) is 0 Å². The summed E-state index contributed by atoms with van der Waals surface area (Å²) in [6.07, 6.45) is 5.41. The second kappa shape index (κ2) is 7.85. The van der Waals surface area contributed by atoms with Gasteiger partial charge in [0.1, 0.15) is 5.54 Å². The summed E-state index contributed by atoms with van der Waals surface area (Å²) < 4.78 is 5.23. The van der Waals surface area contributed by atoms with E-state index >= 15 is 0 Å². The molecule has 1 unspecified atom stereocenters. The minimum atomic E-state index is -0.510. The predicted octanol–water partition coefficient (Wildman–Crippen LogP) is 2.18. The van der Waals surface area contributed by atoms with Gasteiger partial charge < -0.3 is 9.64 Å². The summed E-state index contributed by atoms with van der Waals surface area (Å²) >= 11 is 0. The van der Waals surface area contributed by atoms with Crippen LogP contribution < -0.4 is 5.32 Å². The molecule has 0 saturated heterocycles. The molecule has 1 N–H and O–H groups in total. The Bertz CT molecular complexity index is 279. The van der Waals surface area contributed by atoms with Crippen LogP contribution in [0.3, 0.4) is 0 Å². The van der Waals surface area contributed by atoms with Gasteiger partial charge in [-0.3, -0.25) is 10.1 Å². The summed E-state index contributed by atoms with van der Waals surface area (Å²) in [6, 6.07) is 0.516. The van der Waals surface area contributed by atoms with E-state index < -0.39 is 5.54 Å². The number of ether oxygens (including phenoxy) is 1. The Hall–Kier alpha value is -0.610. The van der Waals surface area contributed by atoms with Gasteiger partial charge in [0.15, 0.2) is 0 Å². The zero-order valence-electron chi connectivity index (χ0n) is 13.0. The molecule has 0 aromatic carbocycles. The third-order valence-electron chi connectivity index (χ3n) is 3.65. The molecule has 112 valence electrons. The lowest BCUT2D eigenvalue weighted by atomic mass is 9.95. The van der Waals surface area contributed by atoms with Gasteiger partial charge in [0.2, 0.25) is 0 Å². The van der Waals surface area contributed by atoms with Gasteiger partial charge in [0.05, 0.1) is 6.61 Å². The van der Waals surface area contributed by atoms with E-state index in [2.05, 4.69) is 24.2 Å². The first kappa shape index (κ1) is 16.4. The van der Waals surface area contributed by atoms with E-state index in [1.54, 1.807) is 0 Å². The van der Waals surface area contributed by atoms with E-state index in [1.807, 2.05) is 13.8 Å². The normalized spacial score (nSPS) is 18.4. The second-order valence-electron chi connectivity index (χ2n) is 5.88. The van der Waals surface area contributed by atoms with Crippen molar-refractivity contribution < 1.29 is 9.53 Å². The van der Waals surface area contributed by atoms with Crippen LogP contribution in [0.25, 0.3) is 0 Å².